The van der Waals surface area contributed by atoms with Gasteiger partial charge in [-0.3, -0.25) is 9.59 Å². The normalized spacial score (nSPS) is 11.1. The lowest BCUT2D eigenvalue weighted by Crippen LogP contribution is -2.42. The van der Waals surface area contributed by atoms with Crippen LogP contribution in [0.2, 0.25) is 0 Å². The molecule has 0 unspecified atom stereocenters. The summed E-state index contributed by atoms with van der Waals surface area (Å²) < 4.78 is 20.7. The van der Waals surface area contributed by atoms with Gasteiger partial charge in [0.2, 0.25) is 11.8 Å². The van der Waals surface area contributed by atoms with Gasteiger partial charge in [0, 0.05) is 51.3 Å². The summed E-state index contributed by atoms with van der Waals surface area (Å²) >= 11 is 0. The van der Waals surface area contributed by atoms with Gasteiger partial charge in [0.1, 0.15) is 12.4 Å². The van der Waals surface area contributed by atoms with E-state index in [4.69, 9.17) is 4.74 Å². The molecule has 0 N–H and O–H groups in total. The number of hydrogen-bond acceptors (Lipinski definition) is 3. The lowest BCUT2D eigenvalue weighted by Gasteiger charge is -2.28. The maximum atomic E-state index is 13.8. The van der Waals surface area contributed by atoms with E-state index in [0.29, 0.717) is 39.2 Å². The van der Waals surface area contributed by atoms with Crippen LogP contribution in [0.1, 0.15) is 28.8 Å². The number of benzene rings is 3. The lowest BCUT2D eigenvalue weighted by molar-refractivity contribution is -0.139. The molecule has 7 heteroatoms. The van der Waals surface area contributed by atoms with Crippen molar-refractivity contribution in [2.24, 2.45) is 0 Å². The molecule has 0 bridgehead atoms. The van der Waals surface area contributed by atoms with Gasteiger partial charge in [-0.05, 0) is 53.5 Å². The van der Waals surface area contributed by atoms with Crippen LogP contribution in [0.15, 0.2) is 109 Å². The summed E-state index contributed by atoms with van der Waals surface area (Å²) in [6.07, 6.45) is 5.86. The average Bonchev–Trinajstić information content (AvgIpc) is 3.43. The molecule has 212 valence electrons. The first-order valence-electron chi connectivity index (χ1n) is 13.7. The van der Waals surface area contributed by atoms with Gasteiger partial charge < -0.3 is 19.1 Å². The van der Waals surface area contributed by atoms with Crippen molar-refractivity contribution in [3.63, 3.8) is 0 Å². The Hall–Kier alpha value is -4.49. The predicted octanol–water partition coefficient (Wildman–Crippen LogP) is 5.78. The summed E-state index contributed by atoms with van der Waals surface area (Å²) in [5.41, 5.74) is 3.82. The van der Waals surface area contributed by atoms with Gasteiger partial charge in [0.25, 0.3) is 0 Å². The third kappa shape index (κ3) is 9.29. The van der Waals surface area contributed by atoms with Crippen LogP contribution in [0, 0.1) is 5.82 Å². The molecule has 0 saturated carbocycles. The first-order chi connectivity index (χ1) is 20.0. The summed E-state index contributed by atoms with van der Waals surface area (Å²) in [6.45, 7) is 2.17. The molecule has 0 aliphatic heterocycles. The minimum Gasteiger partial charge on any atom is -0.385 e. The molecule has 0 fully saturated rings. The highest BCUT2D eigenvalue weighted by atomic mass is 19.1. The number of aromatic nitrogens is 1. The topological polar surface area (TPSA) is 54.8 Å². The molecule has 4 rings (SSSR count). The van der Waals surface area contributed by atoms with Crippen LogP contribution in [-0.2, 0) is 34.0 Å². The van der Waals surface area contributed by atoms with Crippen LogP contribution >= 0.6 is 0 Å². The summed E-state index contributed by atoms with van der Waals surface area (Å²) in [6, 6.07) is 29.8. The SMILES string of the molecule is COCCCN(CC(=O)N(Cc1ccccc1)Cc1cccn1Cc1ccc(F)cc1)C(=O)C=Cc1ccccc1. The van der Waals surface area contributed by atoms with Gasteiger partial charge in [-0.25, -0.2) is 4.39 Å². The number of rotatable bonds is 14. The van der Waals surface area contributed by atoms with Crippen LogP contribution in [0.5, 0.6) is 0 Å². The van der Waals surface area contributed by atoms with E-state index < -0.39 is 0 Å². The summed E-state index contributed by atoms with van der Waals surface area (Å²) in [5.74, 6) is -0.649. The van der Waals surface area contributed by atoms with Crippen molar-refractivity contribution in [3.05, 3.63) is 138 Å². The fourth-order valence-corrected chi connectivity index (χ4v) is 4.53. The van der Waals surface area contributed by atoms with Gasteiger partial charge in [-0.1, -0.05) is 72.8 Å². The zero-order valence-electron chi connectivity index (χ0n) is 23.4. The largest absolute Gasteiger partial charge is 0.385 e. The standard InChI is InChI=1S/C34H36FN3O3/c1-41-23-9-22-37(33(39)20-17-28-10-4-2-5-11-28)27-34(40)38(25-29-12-6-3-7-13-29)26-32-14-8-21-36(32)24-30-15-18-31(35)19-16-30/h2-8,10-21H,9,22-27H2,1H3. The van der Waals surface area contributed by atoms with Crippen molar-refractivity contribution in [1.82, 2.24) is 14.4 Å². The van der Waals surface area contributed by atoms with E-state index >= 15 is 0 Å². The van der Waals surface area contributed by atoms with Crippen molar-refractivity contribution >= 4 is 17.9 Å². The van der Waals surface area contributed by atoms with Gasteiger partial charge in [-0.2, -0.15) is 0 Å². The highest BCUT2D eigenvalue weighted by molar-refractivity contribution is 5.94. The van der Waals surface area contributed by atoms with Crippen molar-refractivity contribution < 1.29 is 18.7 Å². The second kappa shape index (κ2) is 15.3. The number of amides is 2. The highest BCUT2D eigenvalue weighted by Gasteiger charge is 2.22. The maximum Gasteiger partial charge on any atom is 0.247 e. The Morgan fingerprint density at radius 3 is 2.24 bits per heavy atom. The van der Waals surface area contributed by atoms with E-state index in [1.54, 1.807) is 35.1 Å². The van der Waals surface area contributed by atoms with Crippen molar-refractivity contribution in [3.8, 4) is 0 Å². The van der Waals surface area contributed by atoms with E-state index in [-0.39, 0.29) is 24.2 Å². The van der Waals surface area contributed by atoms with E-state index in [2.05, 4.69) is 4.57 Å². The lowest BCUT2D eigenvalue weighted by atomic mass is 10.2. The second-order valence-corrected chi connectivity index (χ2v) is 9.84. The molecule has 41 heavy (non-hydrogen) atoms. The van der Waals surface area contributed by atoms with E-state index in [1.807, 2.05) is 79.0 Å². The highest BCUT2D eigenvalue weighted by Crippen LogP contribution is 2.15. The fraction of sp³-hybridized carbons (Fsp3) is 0.235. The van der Waals surface area contributed by atoms with Crippen molar-refractivity contribution in [1.29, 1.82) is 0 Å². The third-order valence-corrected chi connectivity index (χ3v) is 6.74. The molecule has 0 radical (unpaired) electrons. The van der Waals surface area contributed by atoms with Crippen LogP contribution in [-0.4, -0.2) is 53.0 Å². The van der Waals surface area contributed by atoms with Crippen LogP contribution in [0.3, 0.4) is 0 Å². The fourth-order valence-electron chi connectivity index (χ4n) is 4.53. The molecule has 0 spiro atoms. The molecule has 6 nitrogen and oxygen atoms in total. The second-order valence-electron chi connectivity index (χ2n) is 9.84. The number of ether oxygens (including phenoxy) is 1. The van der Waals surface area contributed by atoms with E-state index in [1.165, 1.54) is 18.2 Å². The number of hydrogen-bond donors (Lipinski definition) is 0. The van der Waals surface area contributed by atoms with E-state index in [0.717, 1.165) is 22.4 Å². The van der Waals surface area contributed by atoms with Crippen LogP contribution in [0.4, 0.5) is 4.39 Å². The van der Waals surface area contributed by atoms with Gasteiger partial charge in [0.05, 0.1) is 6.54 Å². The molecule has 2 amide bonds. The molecular weight excluding hydrogens is 517 g/mol. The Kier molecular flexibility index (Phi) is 11.0. The average molecular weight is 554 g/mol. The minimum absolute atomic E-state index is 0.0484. The Bertz CT molecular complexity index is 1400. The van der Waals surface area contributed by atoms with Crippen LogP contribution < -0.4 is 0 Å². The van der Waals surface area contributed by atoms with Crippen molar-refractivity contribution in [2.75, 3.05) is 26.8 Å². The third-order valence-electron chi connectivity index (χ3n) is 6.74. The quantitative estimate of drug-likeness (QED) is 0.147. The van der Waals surface area contributed by atoms with Gasteiger partial charge >= 0.3 is 0 Å². The summed E-state index contributed by atoms with van der Waals surface area (Å²) in [4.78, 5) is 30.4. The molecule has 3 aromatic carbocycles. The Morgan fingerprint density at radius 1 is 0.829 bits per heavy atom. The maximum absolute atomic E-state index is 13.8. The zero-order valence-corrected chi connectivity index (χ0v) is 23.4. The zero-order chi connectivity index (χ0) is 28.9. The molecule has 4 aromatic rings. The van der Waals surface area contributed by atoms with Gasteiger partial charge in [0.15, 0.2) is 0 Å². The minimum atomic E-state index is -0.274. The molecule has 0 atom stereocenters. The first-order valence-corrected chi connectivity index (χ1v) is 13.7. The number of carbonyl (C=O) groups is 2. The monoisotopic (exact) mass is 553 g/mol. The first kappa shape index (κ1) is 29.5. The Labute approximate surface area is 241 Å². The summed E-state index contributed by atoms with van der Waals surface area (Å²) in [7, 11) is 1.62. The van der Waals surface area contributed by atoms with Crippen molar-refractivity contribution in [2.45, 2.75) is 26.1 Å². The smallest absolute Gasteiger partial charge is 0.247 e. The number of nitrogens with zero attached hydrogens (tertiary/aromatic N) is 3. The number of carbonyl (C=O) groups excluding carboxylic acids is 2. The van der Waals surface area contributed by atoms with E-state index in [9.17, 15) is 14.0 Å². The Morgan fingerprint density at radius 2 is 1.54 bits per heavy atom. The molecule has 0 aliphatic carbocycles. The molecule has 1 aromatic heterocycles. The molecule has 1 heterocycles. The molecule has 0 aliphatic rings. The summed E-state index contributed by atoms with van der Waals surface area (Å²) in [5, 5.41) is 0. The number of halogens is 1. The molecular formula is C34H36FN3O3. The van der Waals surface area contributed by atoms with Crippen LogP contribution in [0.25, 0.3) is 6.08 Å². The van der Waals surface area contributed by atoms with Gasteiger partial charge in [-0.15, -0.1) is 0 Å². The predicted molar refractivity (Wildman–Crippen MR) is 159 cm³/mol. The number of methoxy groups -OCH3 is 1. The molecule has 0 saturated heterocycles. The Balaban J connectivity index is 1.53.